The first-order valence-corrected chi connectivity index (χ1v) is 8.54. The van der Waals surface area contributed by atoms with E-state index in [0.717, 1.165) is 31.5 Å². The zero-order chi connectivity index (χ0) is 15.6. The summed E-state index contributed by atoms with van der Waals surface area (Å²) in [6.07, 6.45) is 2.83. The van der Waals surface area contributed by atoms with Crippen LogP contribution in [-0.2, 0) is 14.9 Å². The molecule has 2 aliphatic heterocycles. The van der Waals surface area contributed by atoms with Gasteiger partial charge >= 0.3 is 0 Å². The van der Waals surface area contributed by atoms with E-state index in [2.05, 4.69) is 30.9 Å². The molecular weight excluding hydrogens is 274 g/mol. The molecule has 120 valence electrons. The molecule has 1 amide bonds. The maximum Gasteiger partial charge on any atom is 0.233 e. The first-order chi connectivity index (χ1) is 10.6. The van der Waals surface area contributed by atoms with Gasteiger partial charge in [0.1, 0.15) is 0 Å². The summed E-state index contributed by atoms with van der Waals surface area (Å²) in [5.41, 5.74) is 0.783. The molecule has 0 saturated carbocycles. The van der Waals surface area contributed by atoms with Crippen molar-refractivity contribution in [1.82, 2.24) is 4.90 Å². The molecule has 0 radical (unpaired) electrons. The quantitative estimate of drug-likeness (QED) is 0.839. The van der Waals surface area contributed by atoms with E-state index in [1.165, 1.54) is 6.42 Å². The number of carbonyl (C=O) groups excluding carboxylic acids is 1. The second-order valence-corrected chi connectivity index (χ2v) is 7.22. The molecule has 1 aromatic carbocycles. The topological polar surface area (TPSA) is 29.5 Å². The van der Waals surface area contributed by atoms with Crippen molar-refractivity contribution < 1.29 is 9.53 Å². The van der Waals surface area contributed by atoms with Gasteiger partial charge in [0.05, 0.1) is 5.41 Å². The molecule has 0 aliphatic carbocycles. The molecule has 3 nitrogen and oxygen atoms in total. The predicted octanol–water partition coefficient (Wildman–Crippen LogP) is 3.24. The molecule has 3 heteroatoms. The number of hydrogen-bond donors (Lipinski definition) is 0. The molecule has 3 rings (SSSR count). The van der Waals surface area contributed by atoms with Crippen LogP contribution in [0.2, 0.25) is 0 Å². The van der Waals surface area contributed by atoms with Gasteiger partial charge in [0.2, 0.25) is 5.91 Å². The number of amides is 1. The molecule has 2 aliphatic rings. The van der Waals surface area contributed by atoms with Crippen LogP contribution < -0.4 is 0 Å². The summed E-state index contributed by atoms with van der Waals surface area (Å²) in [6, 6.07) is 10.3. The van der Waals surface area contributed by atoms with E-state index in [4.69, 9.17) is 4.74 Å². The van der Waals surface area contributed by atoms with Gasteiger partial charge in [0.25, 0.3) is 0 Å². The van der Waals surface area contributed by atoms with Crippen LogP contribution in [0.3, 0.4) is 0 Å². The zero-order valence-electron chi connectivity index (χ0n) is 13.8. The highest BCUT2D eigenvalue weighted by Gasteiger charge is 2.45. The van der Waals surface area contributed by atoms with Gasteiger partial charge in [0.15, 0.2) is 0 Å². The average Bonchev–Trinajstić information content (AvgIpc) is 2.55. The molecule has 0 unspecified atom stereocenters. The summed E-state index contributed by atoms with van der Waals surface area (Å²) in [7, 11) is 0. The largest absolute Gasteiger partial charge is 0.381 e. The third-order valence-corrected chi connectivity index (χ3v) is 5.24. The number of rotatable bonds is 2. The Balaban J connectivity index is 1.90. The van der Waals surface area contributed by atoms with E-state index < -0.39 is 0 Å². The lowest BCUT2D eigenvalue weighted by atomic mass is 9.72. The Bertz CT molecular complexity index is 497. The second-order valence-electron chi connectivity index (χ2n) is 7.22. The zero-order valence-corrected chi connectivity index (χ0v) is 13.8. The minimum atomic E-state index is -0.379. The number of ether oxygens (including phenoxy) is 1. The Morgan fingerprint density at radius 2 is 1.68 bits per heavy atom. The van der Waals surface area contributed by atoms with E-state index in [0.29, 0.717) is 31.0 Å². The molecule has 2 atom stereocenters. The number of likely N-dealkylation sites (tertiary alicyclic amines) is 1. The molecule has 1 aromatic rings. The standard InChI is InChI=1S/C19H27NO2/c1-15-12-16(2)14-20(13-15)18(21)19(8-10-22-11-9-19)17-6-4-3-5-7-17/h3-7,15-16H,8-14H2,1-2H3/t15-,16-/m1/s1. The van der Waals surface area contributed by atoms with Gasteiger partial charge in [-0.25, -0.2) is 0 Å². The molecule has 0 N–H and O–H groups in total. The van der Waals surface area contributed by atoms with Crippen LogP contribution in [0, 0.1) is 11.8 Å². The predicted molar refractivity (Wildman–Crippen MR) is 87.7 cm³/mol. The highest BCUT2D eigenvalue weighted by atomic mass is 16.5. The molecular formula is C19H27NO2. The molecule has 0 bridgehead atoms. The van der Waals surface area contributed by atoms with Gasteiger partial charge in [-0.1, -0.05) is 44.2 Å². The van der Waals surface area contributed by atoms with E-state index in [-0.39, 0.29) is 5.41 Å². The van der Waals surface area contributed by atoms with E-state index in [1.807, 2.05) is 18.2 Å². The lowest BCUT2D eigenvalue weighted by Crippen LogP contribution is -2.53. The first kappa shape index (κ1) is 15.5. The number of nitrogens with zero attached hydrogens (tertiary/aromatic N) is 1. The highest BCUT2D eigenvalue weighted by Crippen LogP contribution is 2.38. The molecule has 2 heterocycles. The normalized spacial score (nSPS) is 28.4. The van der Waals surface area contributed by atoms with Crippen molar-refractivity contribution in [3.63, 3.8) is 0 Å². The Hall–Kier alpha value is -1.35. The van der Waals surface area contributed by atoms with Gasteiger partial charge < -0.3 is 9.64 Å². The molecule has 0 spiro atoms. The molecule has 22 heavy (non-hydrogen) atoms. The average molecular weight is 301 g/mol. The maximum atomic E-state index is 13.4. The summed E-state index contributed by atoms with van der Waals surface area (Å²) >= 11 is 0. The van der Waals surface area contributed by atoms with Gasteiger partial charge in [0, 0.05) is 26.3 Å². The lowest BCUT2D eigenvalue weighted by Gasteiger charge is -2.43. The number of carbonyl (C=O) groups is 1. The van der Waals surface area contributed by atoms with Crippen molar-refractivity contribution in [2.24, 2.45) is 11.8 Å². The van der Waals surface area contributed by atoms with Crippen LogP contribution >= 0.6 is 0 Å². The minimum absolute atomic E-state index is 0.320. The van der Waals surface area contributed by atoms with Crippen molar-refractivity contribution in [3.05, 3.63) is 35.9 Å². The van der Waals surface area contributed by atoms with Crippen LogP contribution in [0.1, 0.15) is 38.7 Å². The highest BCUT2D eigenvalue weighted by molar-refractivity contribution is 5.88. The van der Waals surface area contributed by atoms with Crippen molar-refractivity contribution in [3.8, 4) is 0 Å². The third-order valence-electron chi connectivity index (χ3n) is 5.24. The van der Waals surface area contributed by atoms with Crippen molar-refractivity contribution in [2.45, 2.75) is 38.5 Å². The lowest BCUT2D eigenvalue weighted by molar-refractivity contribution is -0.144. The van der Waals surface area contributed by atoms with Crippen LogP contribution in [-0.4, -0.2) is 37.1 Å². The summed E-state index contributed by atoms with van der Waals surface area (Å²) < 4.78 is 5.56. The number of benzene rings is 1. The second kappa shape index (κ2) is 6.41. The Kier molecular flexibility index (Phi) is 4.53. The minimum Gasteiger partial charge on any atom is -0.381 e. The van der Waals surface area contributed by atoms with Crippen LogP contribution in [0.25, 0.3) is 0 Å². The van der Waals surface area contributed by atoms with Gasteiger partial charge in [-0.15, -0.1) is 0 Å². The fraction of sp³-hybridized carbons (Fsp3) is 0.632. The smallest absolute Gasteiger partial charge is 0.233 e. The fourth-order valence-electron chi connectivity index (χ4n) is 4.23. The monoisotopic (exact) mass is 301 g/mol. The SMILES string of the molecule is C[C@@H]1C[C@@H](C)CN(C(=O)C2(c3ccccc3)CCOCC2)C1. The fourth-order valence-corrected chi connectivity index (χ4v) is 4.23. The Morgan fingerprint density at radius 1 is 1.09 bits per heavy atom. The molecule has 2 saturated heterocycles. The third kappa shape index (κ3) is 2.91. The summed E-state index contributed by atoms with van der Waals surface area (Å²) in [5, 5.41) is 0. The maximum absolute atomic E-state index is 13.4. The number of hydrogen-bond acceptors (Lipinski definition) is 2. The Morgan fingerprint density at radius 3 is 2.27 bits per heavy atom. The van der Waals surface area contributed by atoms with E-state index in [9.17, 15) is 4.79 Å². The van der Waals surface area contributed by atoms with E-state index in [1.54, 1.807) is 0 Å². The van der Waals surface area contributed by atoms with E-state index >= 15 is 0 Å². The summed E-state index contributed by atoms with van der Waals surface area (Å²) in [4.78, 5) is 15.6. The Labute approximate surface area is 133 Å². The summed E-state index contributed by atoms with van der Waals surface area (Å²) in [5.74, 6) is 1.51. The van der Waals surface area contributed by atoms with Gasteiger partial charge in [-0.2, -0.15) is 0 Å². The molecule has 0 aromatic heterocycles. The van der Waals surface area contributed by atoms with Crippen molar-refractivity contribution in [1.29, 1.82) is 0 Å². The summed E-state index contributed by atoms with van der Waals surface area (Å²) in [6.45, 7) is 7.68. The van der Waals surface area contributed by atoms with Crippen molar-refractivity contribution >= 4 is 5.91 Å². The van der Waals surface area contributed by atoms with Crippen LogP contribution in [0.15, 0.2) is 30.3 Å². The number of piperidine rings is 1. The molecule has 2 fully saturated rings. The van der Waals surface area contributed by atoms with Crippen LogP contribution in [0.5, 0.6) is 0 Å². The van der Waals surface area contributed by atoms with Crippen molar-refractivity contribution in [2.75, 3.05) is 26.3 Å². The van der Waals surface area contributed by atoms with Gasteiger partial charge in [-0.3, -0.25) is 4.79 Å². The van der Waals surface area contributed by atoms with Gasteiger partial charge in [-0.05, 0) is 36.7 Å². The van der Waals surface area contributed by atoms with Crippen LogP contribution in [0.4, 0.5) is 0 Å². The first-order valence-electron chi connectivity index (χ1n) is 8.54.